The Balaban J connectivity index is 1.46. The number of rotatable bonds is 10. The summed E-state index contributed by atoms with van der Waals surface area (Å²) in [6, 6.07) is 9.85. The van der Waals surface area contributed by atoms with E-state index in [1.807, 2.05) is 35.2 Å². The van der Waals surface area contributed by atoms with Crippen molar-refractivity contribution in [2.24, 2.45) is 0 Å². The van der Waals surface area contributed by atoms with Crippen molar-refractivity contribution >= 4 is 5.91 Å². The minimum atomic E-state index is 0.292. The Kier molecular flexibility index (Phi) is 7.04. The number of likely N-dealkylation sites (tertiary alicyclic amines) is 1. The third-order valence-corrected chi connectivity index (χ3v) is 4.63. The summed E-state index contributed by atoms with van der Waals surface area (Å²) >= 11 is 0. The summed E-state index contributed by atoms with van der Waals surface area (Å²) in [5.74, 6) is 1.74. The maximum Gasteiger partial charge on any atom is 0.222 e. The molecule has 0 saturated carbocycles. The standard InChI is InChI=1S/C21H27N3O3/c1-26-19-8-7-17(13-20(19)27-16-18-5-2-9-22-15-18)14-23-10-4-12-24-11-3-6-21(24)25/h2,5,7-9,13,15,23H,3-4,6,10-12,14,16H2,1H3. The molecule has 1 amide bonds. The van der Waals surface area contributed by atoms with E-state index in [0.717, 1.165) is 61.6 Å². The summed E-state index contributed by atoms with van der Waals surface area (Å²) < 4.78 is 11.3. The number of carbonyl (C=O) groups is 1. The Labute approximate surface area is 160 Å². The molecule has 144 valence electrons. The molecule has 1 aliphatic rings. The van der Waals surface area contributed by atoms with Crippen LogP contribution < -0.4 is 14.8 Å². The van der Waals surface area contributed by atoms with Crippen molar-refractivity contribution < 1.29 is 14.3 Å². The molecular formula is C21H27N3O3. The lowest BCUT2D eigenvalue weighted by Gasteiger charge is -2.15. The molecule has 27 heavy (non-hydrogen) atoms. The number of benzene rings is 1. The van der Waals surface area contributed by atoms with Gasteiger partial charge in [0.05, 0.1) is 7.11 Å². The zero-order chi connectivity index (χ0) is 18.9. The first-order valence-corrected chi connectivity index (χ1v) is 9.43. The number of nitrogens with one attached hydrogen (secondary N) is 1. The van der Waals surface area contributed by atoms with Gasteiger partial charge < -0.3 is 19.7 Å². The maximum absolute atomic E-state index is 11.6. The zero-order valence-corrected chi connectivity index (χ0v) is 15.8. The van der Waals surface area contributed by atoms with Gasteiger partial charge in [0.1, 0.15) is 6.61 Å². The predicted molar refractivity (Wildman–Crippen MR) is 104 cm³/mol. The SMILES string of the molecule is COc1ccc(CNCCCN2CCCC2=O)cc1OCc1cccnc1. The Hall–Kier alpha value is -2.60. The van der Waals surface area contributed by atoms with E-state index in [9.17, 15) is 4.79 Å². The fourth-order valence-electron chi connectivity index (χ4n) is 3.16. The highest BCUT2D eigenvalue weighted by molar-refractivity contribution is 5.77. The quantitative estimate of drug-likeness (QED) is 0.653. The molecule has 0 atom stereocenters. The topological polar surface area (TPSA) is 63.7 Å². The van der Waals surface area contributed by atoms with E-state index in [0.29, 0.717) is 18.9 Å². The van der Waals surface area contributed by atoms with Crippen LogP contribution in [0, 0.1) is 0 Å². The van der Waals surface area contributed by atoms with Crippen LogP contribution in [0.5, 0.6) is 11.5 Å². The first kappa shape index (κ1) is 19.2. The Bertz CT molecular complexity index is 737. The minimum Gasteiger partial charge on any atom is -0.493 e. The highest BCUT2D eigenvalue weighted by atomic mass is 16.5. The van der Waals surface area contributed by atoms with Gasteiger partial charge in [-0.2, -0.15) is 0 Å². The summed E-state index contributed by atoms with van der Waals surface area (Å²) in [4.78, 5) is 17.7. The van der Waals surface area contributed by atoms with Crippen molar-refractivity contribution in [3.05, 3.63) is 53.9 Å². The van der Waals surface area contributed by atoms with E-state index < -0.39 is 0 Å². The molecule has 3 rings (SSSR count). The number of aromatic nitrogens is 1. The van der Waals surface area contributed by atoms with Gasteiger partial charge in [0, 0.05) is 44.0 Å². The van der Waals surface area contributed by atoms with Crippen LogP contribution in [0.3, 0.4) is 0 Å². The lowest BCUT2D eigenvalue weighted by Crippen LogP contribution is -2.28. The molecule has 0 bridgehead atoms. The number of hydrogen-bond acceptors (Lipinski definition) is 5. The lowest BCUT2D eigenvalue weighted by atomic mass is 10.2. The molecule has 1 N–H and O–H groups in total. The molecular weight excluding hydrogens is 342 g/mol. The average Bonchev–Trinajstić information content (AvgIpc) is 3.12. The molecule has 2 heterocycles. The minimum absolute atomic E-state index is 0.292. The normalized spacial score (nSPS) is 13.8. The monoisotopic (exact) mass is 369 g/mol. The van der Waals surface area contributed by atoms with Gasteiger partial charge in [-0.05, 0) is 43.1 Å². The second-order valence-electron chi connectivity index (χ2n) is 6.65. The van der Waals surface area contributed by atoms with E-state index >= 15 is 0 Å². The summed E-state index contributed by atoms with van der Waals surface area (Å²) in [7, 11) is 1.64. The van der Waals surface area contributed by atoms with E-state index in [2.05, 4.69) is 10.3 Å². The fraction of sp³-hybridized carbons (Fsp3) is 0.429. The molecule has 0 spiro atoms. The number of pyridine rings is 1. The number of nitrogens with zero attached hydrogens (tertiary/aromatic N) is 2. The van der Waals surface area contributed by atoms with E-state index in [4.69, 9.17) is 9.47 Å². The third-order valence-electron chi connectivity index (χ3n) is 4.63. The molecule has 1 aromatic carbocycles. The largest absolute Gasteiger partial charge is 0.493 e. The first-order chi connectivity index (χ1) is 13.3. The van der Waals surface area contributed by atoms with Crippen molar-refractivity contribution in [1.29, 1.82) is 0 Å². The summed E-state index contributed by atoms with van der Waals surface area (Å²) in [6.45, 7) is 3.83. The van der Waals surface area contributed by atoms with Crippen molar-refractivity contribution in [3.8, 4) is 11.5 Å². The van der Waals surface area contributed by atoms with Crippen LogP contribution in [-0.4, -0.2) is 42.5 Å². The summed E-state index contributed by atoms with van der Waals surface area (Å²) in [6.07, 6.45) is 6.21. The molecule has 0 unspecified atom stereocenters. The molecule has 2 aromatic rings. The number of amides is 1. The van der Waals surface area contributed by atoms with Gasteiger partial charge in [-0.1, -0.05) is 12.1 Å². The van der Waals surface area contributed by atoms with Gasteiger partial charge in [-0.25, -0.2) is 0 Å². The van der Waals surface area contributed by atoms with Gasteiger partial charge in [0.2, 0.25) is 5.91 Å². The molecule has 1 aliphatic heterocycles. The van der Waals surface area contributed by atoms with Gasteiger partial charge in [0.25, 0.3) is 0 Å². The van der Waals surface area contributed by atoms with Crippen LogP contribution in [0.1, 0.15) is 30.4 Å². The number of hydrogen-bond donors (Lipinski definition) is 1. The van der Waals surface area contributed by atoms with Crippen molar-refractivity contribution in [2.45, 2.75) is 32.4 Å². The van der Waals surface area contributed by atoms with Crippen LogP contribution >= 0.6 is 0 Å². The van der Waals surface area contributed by atoms with Crippen LogP contribution in [0.25, 0.3) is 0 Å². The van der Waals surface area contributed by atoms with Gasteiger partial charge >= 0.3 is 0 Å². The van der Waals surface area contributed by atoms with Crippen molar-refractivity contribution in [1.82, 2.24) is 15.2 Å². The number of ether oxygens (including phenoxy) is 2. The van der Waals surface area contributed by atoms with Crippen LogP contribution in [0.15, 0.2) is 42.7 Å². The first-order valence-electron chi connectivity index (χ1n) is 9.43. The lowest BCUT2D eigenvalue weighted by molar-refractivity contribution is -0.127. The Morgan fingerprint density at radius 2 is 2.15 bits per heavy atom. The van der Waals surface area contributed by atoms with Crippen LogP contribution in [0.4, 0.5) is 0 Å². The van der Waals surface area contributed by atoms with E-state index in [1.165, 1.54) is 0 Å². The molecule has 0 aliphatic carbocycles. The molecule has 6 heteroatoms. The van der Waals surface area contributed by atoms with Gasteiger partial charge in [-0.3, -0.25) is 9.78 Å². The summed E-state index contributed by atoms with van der Waals surface area (Å²) in [5.41, 5.74) is 2.15. The van der Waals surface area contributed by atoms with Crippen molar-refractivity contribution in [3.63, 3.8) is 0 Å². The highest BCUT2D eigenvalue weighted by Crippen LogP contribution is 2.28. The Morgan fingerprint density at radius 3 is 2.89 bits per heavy atom. The molecule has 1 aromatic heterocycles. The maximum atomic E-state index is 11.6. The molecule has 0 radical (unpaired) electrons. The Morgan fingerprint density at radius 1 is 1.22 bits per heavy atom. The highest BCUT2D eigenvalue weighted by Gasteiger charge is 2.18. The molecule has 6 nitrogen and oxygen atoms in total. The van der Waals surface area contributed by atoms with E-state index in [1.54, 1.807) is 19.5 Å². The zero-order valence-electron chi connectivity index (χ0n) is 15.8. The fourth-order valence-corrected chi connectivity index (χ4v) is 3.16. The number of methoxy groups -OCH3 is 1. The van der Waals surface area contributed by atoms with Gasteiger partial charge in [0.15, 0.2) is 11.5 Å². The molecule has 1 saturated heterocycles. The molecule has 1 fully saturated rings. The third kappa shape index (κ3) is 5.69. The predicted octanol–water partition coefficient (Wildman–Crippen LogP) is 2.77. The van der Waals surface area contributed by atoms with Crippen molar-refractivity contribution in [2.75, 3.05) is 26.7 Å². The summed E-state index contributed by atoms with van der Waals surface area (Å²) in [5, 5.41) is 3.43. The second kappa shape index (κ2) is 9.92. The average molecular weight is 369 g/mol. The smallest absolute Gasteiger partial charge is 0.222 e. The van der Waals surface area contributed by atoms with Gasteiger partial charge in [-0.15, -0.1) is 0 Å². The number of carbonyl (C=O) groups excluding carboxylic acids is 1. The second-order valence-corrected chi connectivity index (χ2v) is 6.65. The van der Waals surface area contributed by atoms with E-state index in [-0.39, 0.29) is 0 Å². The van der Waals surface area contributed by atoms with Crippen LogP contribution in [0.2, 0.25) is 0 Å². The van der Waals surface area contributed by atoms with Crippen LogP contribution in [-0.2, 0) is 17.9 Å².